The zero-order valence-corrected chi connectivity index (χ0v) is 11.6. The third kappa shape index (κ3) is 2.46. The fourth-order valence-electron chi connectivity index (χ4n) is 1.88. The Morgan fingerprint density at radius 2 is 2.17 bits per heavy atom. The highest BCUT2D eigenvalue weighted by molar-refractivity contribution is 7.71. The summed E-state index contributed by atoms with van der Waals surface area (Å²) in [5, 5.41) is 7.04. The van der Waals surface area contributed by atoms with Gasteiger partial charge in [-0.2, -0.15) is 5.10 Å². The number of aromatic nitrogens is 3. The average molecular weight is 263 g/mol. The third-order valence-corrected chi connectivity index (χ3v) is 3.18. The normalized spacial score (nSPS) is 12.4. The molecule has 4 nitrogen and oxygen atoms in total. The molecule has 0 spiro atoms. The lowest BCUT2D eigenvalue weighted by molar-refractivity contribution is 0.209. The van der Waals surface area contributed by atoms with Gasteiger partial charge < -0.3 is 9.30 Å². The molecule has 1 heterocycles. The molecule has 0 aliphatic carbocycles. The van der Waals surface area contributed by atoms with Gasteiger partial charge in [0.2, 0.25) is 0 Å². The quantitative estimate of drug-likeness (QED) is 0.860. The van der Waals surface area contributed by atoms with Gasteiger partial charge >= 0.3 is 0 Å². The van der Waals surface area contributed by atoms with Gasteiger partial charge in [-0.15, -0.1) is 0 Å². The minimum absolute atomic E-state index is 0.140. The van der Waals surface area contributed by atoms with E-state index in [1.807, 2.05) is 49.6 Å². The predicted molar refractivity (Wildman–Crippen MR) is 73.3 cm³/mol. The first-order chi connectivity index (χ1) is 8.63. The van der Waals surface area contributed by atoms with Crippen molar-refractivity contribution in [1.82, 2.24) is 14.8 Å². The van der Waals surface area contributed by atoms with Crippen molar-refractivity contribution in [1.29, 1.82) is 0 Å². The summed E-state index contributed by atoms with van der Waals surface area (Å²) >= 11 is 5.17. The molecule has 1 aromatic carbocycles. The molecule has 0 radical (unpaired) electrons. The molecule has 5 heteroatoms. The molecule has 1 N–H and O–H groups in total. The first kappa shape index (κ1) is 12.8. The number of para-hydroxylation sites is 1. The molecule has 1 atom stereocenters. The van der Waals surface area contributed by atoms with Crippen molar-refractivity contribution < 1.29 is 4.74 Å². The Kier molecular flexibility index (Phi) is 3.81. The van der Waals surface area contributed by atoms with Crippen molar-refractivity contribution in [3.05, 3.63) is 40.4 Å². The van der Waals surface area contributed by atoms with Gasteiger partial charge in [-0.25, -0.2) is 0 Å². The van der Waals surface area contributed by atoms with E-state index >= 15 is 0 Å². The summed E-state index contributed by atoms with van der Waals surface area (Å²) in [6.45, 7) is 6.82. The van der Waals surface area contributed by atoms with Gasteiger partial charge in [-0.05, 0) is 44.6 Å². The van der Waals surface area contributed by atoms with Crippen molar-refractivity contribution in [3.63, 3.8) is 0 Å². The summed E-state index contributed by atoms with van der Waals surface area (Å²) in [5.41, 5.74) is 1.11. The summed E-state index contributed by atoms with van der Waals surface area (Å²) in [6.07, 6.45) is -0.140. The first-order valence-electron chi connectivity index (χ1n) is 6.01. The highest BCUT2D eigenvalue weighted by atomic mass is 32.1. The largest absolute Gasteiger partial charge is 0.482 e. The van der Waals surface area contributed by atoms with Crippen LogP contribution in [0.15, 0.2) is 24.3 Å². The van der Waals surface area contributed by atoms with E-state index in [0.29, 0.717) is 4.77 Å². The van der Waals surface area contributed by atoms with Gasteiger partial charge in [0.05, 0.1) is 0 Å². The number of benzene rings is 1. The summed E-state index contributed by atoms with van der Waals surface area (Å²) < 4.78 is 8.51. The van der Waals surface area contributed by atoms with E-state index in [9.17, 15) is 0 Å². The lowest BCUT2D eigenvalue weighted by Crippen LogP contribution is -2.11. The Labute approximate surface area is 112 Å². The van der Waals surface area contributed by atoms with Gasteiger partial charge in [0.25, 0.3) is 0 Å². The molecule has 18 heavy (non-hydrogen) atoms. The van der Waals surface area contributed by atoms with Gasteiger partial charge in [-0.3, -0.25) is 5.10 Å². The smallest absolute Gasteiger partial charge is 0.195 e. The van der Waals surface area contributed by atoms with Gasteiger partial charge in [-0.1, -0.05) is 18.2 Å². The van der Waals surface area contributed by atoms with Crippen LogP contribution >= 0.6 is 12.2 Å². The molecule has 0 unspecified atom stereocenters. The summed E-state index contributed by atoms with van der Waals surface area (Å²) in [4.78, 5) is 0. The maximum absolute atomic E-state index is 5.94. The van der Waals surface area contributed by atoms with Crippen molar-refractivity contribution >= 4 is 12.2 Å². The number of hydrogen-bond acceptors (Lipinski definition) is 3. The van der Waals surface area contributed by atoms with E-state index in [2.05, 4.69) is 10.2 Å². The molecule has 0 bridgehead atoms. The number of H-pyrrole nitrogens is 1. The van der Waals surface area contributed by atoms with Gasteiger partial charge in [0.15, 0.2) is 16.7 Å². The van der Waals surface area contributed by atoms with Crippen LogP contribution in [-0.4, -0.2) is 14.8 Å². The highest BCUT2D eigenvalue weighted by Crippen LogP contribution is 2.23. The van der Waals surface area contributed by atoms with Crippen molar-refractivity contribution in [2.45, 2.75) is 33.4 Å². The Morgan fingerprint density at radius 1 is 1.44 bits per heavy atom. The second-order valence-corrected chi connectivity index (χ2v) is 4.54. The topological polar surface area (TPSA) is 42.8 Å². The molecular formula is C13H17N3OS. The average Bonchev–Trinajstić information content (AvgIpc) is 2.73. The summed E-state index contributed by atoms with van der Waals surface area (Å²) in [6, 6.07) is 7.95. The Hall–Kier alpha value is -1.62. The van der Waals surface area contributed by atoms with Crippen LogP contribution in [-0.2, 0) is 6.54 Å². The molecule has 96 valence electrons. The van der Waals surface area contributed by atoms with E-state index in [4.69, 9.17) is 17.0 Å². The van der Waals surface area contributed by atoms with Gasteiger partial charge in [0.1, 0.15) is 5.75 Å². The first-order valence-corrected chi connectivity index (χ1v) is 6.41. The van der Waals surface area contributed by atoms with Crippen LogP contribution in [0.5, 0.6) is 5.75 Å². The maximum Gasteiger partial charge on any atom is 0.195 e. The number of aryl methyl sites for hydroxylation is 1. The van der Waals surface area contributed by atoms with Crippen molar-refractivity contribution in [2.24, 2.45) is 0 Å². The lowest BCUT2D eigenvalue weighted by atomic mass is 10.2. The number of ether oxygens (including phenoxy) is 1. The minimum atomic E-state index is -0.140. The van der Waals surface area contributed by atoms with Crippen molar-refractivity contribution in [2.75, 3.05) is 0 Å². The SMILES string of the molecule is CCn1c([C@@H](C)Oc2ccccc2C)n[nH]c1=S. The molecule has 0 fully saturated rings. The Balaban J connectivity index is 2.25. The molecule has 0 aliphatic rings. The van der Waals surface area contributed by atoms with Crippen LogP contribution in [0, 0.1) is 11.7 Å². The predicted octanol–water partition coefficient (Wildman–Crippen LogP) is 3.41. The number of nitrogens with zero attached hydrogens (tertiary/aromatic N) is 2. The number of rotatable bonds is 4. The maximum atomic E-state index is 5.94. The molecule has 1 aromatic heterocycles. The van der Waals surface area contributed by atoms with E-state index < -0.39 is 0 Å². The zero-order valence-electron chi connectivity index (χ0n) is 10.8. The van der Waals surface area contributed by atoms with Crippen molar-refractivity contribution in [3.8, 4) is 5.75 Å². The lowest BCUT2D eigenvalue weighted by Gasteiger charge is -2.16. The second-order valence-electron chi connectivity index (χ2n) is 4.16. The fourth-order valence-corrected chi connectivity index (χ4v) is 2.15. The number of aromatic amines is 1. The van der Waals surface area contributed by atoms with E-state index in [1.54, 1.807) is 0 Å². The summed E-state index contributed by atoms with van der Waals surface area (Å²) in [7, 11) is 0. The molecule has 0 amide bonds. The van der Waals surface area contributed by atoms with Crippen LogP contribution in [0.25, 0.3) is 0 Å². The van der Waals surface area contributed by atoms with Gasteiger partial charge in [0, 0.05) is 6.54 Å². The number of nitrogens with one attached hydrogen (secondary N) is 1. The van der Waals surface area contributed by atoms with Crippen LogP contribution in [0.3, 0.4) is 0 Å². The molecule has 0 aliphatic heterocycles. The fraction of sp³-hybridized carbons (Fsp3) is 0.385. The standard InChI is InChI=1S/C13H17N3OS/c1-4-16-12(14-15-13(16)18)10(3)17-11-8-6-5-7-9(11)2/h5-8,10H,4H2,1-3H3,(H,15,18)/t10-/m1/s1. The molecular weight excluding hydrogens is 246 g/mol. The van der Waals surface area contributed by atoms with E-state index in [1.165, 1.54) is 0 Å². The third-order valence-electron chi connectivity index (χ3n) is 2.86. The zero-order chi connectivity index (χ0) is 13.1. The second kappa shape index (κ2) is 5.35. The van der Waals surface area contributed by atoms with E-state index in [-0.39, 0.29) is 6.10 Å². The van der Waals surface area contributed by atoms with Crippen LogP contribution in [0.1, 0.15) is 31.3 Å². The van der Waals surface area contributed by atoms with Crippen LogP contribution < -0.4 is 4.74 Å². The molecule has 2 aromatic rings. The van der Waals surface area contributed by atoms with Crippen LogP contribution in [0.2, 0.25) is 0 Å². The minimum Gasteiger partial charge on any atom is -0.482 e. The number of hydrogen-bond donors (Lipinski definition) is 1. The summed E-state index contributed by atoms with van der Waals surface area (Å²) in [5.74, 6) is 1.70. The Bertz CT molecular complexity index is 588. The molecule has 0 saturated carbocycles. The highest BCUT2D eigenvalue weighted by Gasteiger charge is 2.15. The monoisotopic (exact) mass is 263 g/mol. The molecule has 2 rings (SSSR count). The van der Waals surface area contributed by atoms with E-state index in [0.717, 1.165) is 23.7 Å². The Morgan fingerprint density at radius 3 is 2.83 bits per heavy atom. The van der Waals surface area contributed by atoms with Crippen LogP contribution in [0.4, 0.5) is 0 Å². The molecule has 0 saturated heterocycles.